The van der Waals surface area contributed by atoms with Crippen LogP contribution in [0.5, 0.6) is 0 Å². The first-order valence-corrected chi connectivity index (χ1v) is 17.0. The maximum absolute atomic E-state index is 12.4. The van der Waals surface area contributed by atoms with Crippen LogP contribution in [-0.4, -0.2) is 70.0 Å². The van der Waals surface area contributed by atoms with Crippen molar-refractivity contribution in [1.29, 1.82) is 0 Å². The highest BCUT2D eigenvalue weighted by Gasteiger charge is 2.21. The predicted molar refractivity (Wildman–Crippen MR) is 162 cm³/mol. The molecule has 9 nitrogen and oxygen atoms in total. The van der Waals surface area contributed by atoms with E-state index in [2.05, 4.69) is 31.2 Å². The van der Waals surface area contributed by atoms with Crippen LogP contribution in [-0.2, 0) is 32.7 Å². The van der Waals surface area contributed by atoms with Crippen molar-refractivity contribution in [3.8, 4) is 0 Å². The van der Waals surface area contributed by atoms with Gasteiger partial charge in [0.05, 0.1) is 27.7 Å². The van der Waals surface area contributed by atoms with Gasteiger partial charge >= 0.3 is 11.9 Å². The second-order valence-electron chi connectivity index (χ2n) is 11.5. The molecule has 0 bridgehead atoms. The first kappa shape index (κ1) is 39.5. The third-order valence-corrected chi connectivity index (χ3v) is 7.19. The van der Waals surface area contributed by atoms with Gasteiger partial charge in [-0.15, -0.1) is 0 Å². The minimum Gasteiger partial charge on any atom is -0.756 e. The van der Waals surface area contributed by atoms with Gasteiger partial charge in [0.2, 0.25) is 0 Å². The Morgan fingerprint density at radius 1 is 0.756 bits per heavy atom. The molecular formula is C31H58NO8P. The fourth-order valence-electron chi connectivity index (χ4n) is 3.66. The molecule has 0 N–H and O–H groups in total. The molecule has 0 aromatic heterocycles. The topological polar surface area (TPSA) is 111 Å². The van der Waals surface area contributed by atoms with E-state index in [-0.39, 0.29) is 26.1 Å². The number of hydrogen-bond acceptors (Lipinski definition) is 8. The summed E-state index contributed by atoms with van der Waals surface area (Å²) in [6, 6.07) is 0. The Hall–Kier alpha value is -1.51. The number of quaternary nitrogens is 1. The Morgan fingerprint density at radius 2 is 1.34 bits per heavy atom. The van der Waals surface area contributed by atoms with E-state index in [1.807, 2.05) is 28.1 Å². The number of allylic oxidation sites excluding steroid dienone is 4. The van der Waals surface area contributed by atoms with Gasteiger partial charge in [0.1, 0.15) is 19.8 Å². The van der Waals surface area contributed by atoms with Crippen molar-refractivity contribution in [2.24, 2.45) is 0 Å². The van der Waals surface area contributed by atoms with Crippen molar-refractivity contribution in [3.05, 3.63) is 24.3 Å². The SMILES string of the molecule is CCCCC/C=C\C/C=C\CCCCCCCC(=O)OC(COC(=O)CCCC)COP(=O)([O-])OCC[N+](C)(C)C. The van der Waals surface area contributed by atoms with E-state index in [9.17, 15) is 19.0 Å². The molecule has 0 fully saturated rings. The zero-order chi connectivity index (χ0) is 30.8. The molecule has 0 amide bonds. The lowest BCUT2D eigenvalue weighted by Gasteiger charge is -2.28. The third kappa shape index (κ3) is 28.4. The Morgan fingerprint density at radius 3 is 1.98 bits per heavy atom. The molecule has 0 saturated carbocycles. The number of carbonyl (C=O) groups is 2. The van der Waals surface area contributed by atoms with Gasteiger partial charge in [0, 0.05) is 12.8 Å². The van der Waals surface area contributed by atoms with Crippen molar-refractivity contribution in [2.45, 2.75) is 116 Å². The van der Waals surface area contributed by atoms with Crippen molar-refractivity contribution in [3.63, 3.8) is 0 Å². The second kappa shape index (κ2) is 25.0. The highest BCUT2D eigenvalue weighted by atomic mass is 31.2. The first-order chi connectivity index (χ1) is 19.5. The van der Waals surface area contributed by atoms with Gasteiger partial charge in [0.25, 0.3) is 7.82 Å². The number of carbonyl (C=O) groups excluding carboxylic acids is 2. The highest BCUT2D eigenvalue weighted by molar-refractivity contribution is 7.45. The molecule has 0 saturated heterocycles. The number of nitrogens with zero attached hydrogens (tertiary/aromatic N) is 1. The van der Waals surface area contributed by atoms with E-state index in [1.54, 1.807) is 0 Å². The molecule has 10 heteroatoms. The molecule has 41 heavy (non-hydrogen) atoms. The minimum atomic E-state index is -4.59. The quantitative estimate of drug-likeness (QED) is 0.0337. The average Bonchev–Trinajstić information content (AvgIpc) is 2.90. The second-order valence-corrected chi connectivity index (χ2v) is 12.9. The lowest BCUT2D eigenvalue weighted by Crippen LogP contribution is -2.37. The largest absolute Gasteiger partial charge is 0.756 e. The Bertz CT molecular complexity index is 779. The maximum Gasteiger partial charge on any atom is 0.306 e. The smallest absolute Gasteiger partial charge is 0.306 e. The highest BCUT2D eigenvalue weighted by Crippen LogP contribution is 2.38. The lowest BCUT2D eigenvalue weighted by atomic mass is 10.1. The van der Waals surface area contributed by atoms with Crippen LogP contribution in [0.4, 0.5) is 0 Å². The molecule has 0 aliphatic heterocycles. The molecule has 0 aromatic carbocycles. The number of phosphoric ester groups is 1. The third-order valence-electron chi connectivity index (χ3n) is 6.22. The maximum atomic E-state index is 12.4. The van der Waals surface area contributed by atoms with Gasteiger partial charge in [-0.05, 0) is 44.9 Å². The Labute approximate surface area is 249 Å². The van der Waals surface area contributed by atoms with Crippen LogP contribution in [0.25, 0.3) is 0 Å². The van der Waals surface area contributed by atoms with Gasteiger partial charge < -0.3 is 27.9 Å². The molecule has 2 unspecified atom stereocenters. The molecule has 0 aliphatic carbocycles. The van der Waals surface area contributed by atoms with E-state index < -0.39 is 32.5 Å². The summed E-state index contributed by atoms with van der Waals surface area (Å²) < 4.78 is 33.1. The molecule has 0 aromatic rings. The van der Waals surface area contributed by atoms with Gasteiger partial charge in [0.15, 0.2) is 6.10 Å². The molecule has 0 radical (unpaired) electrons. The van der Waals surface area contributed by atoms with E-state index in [0.29, 0.717) is 23.9 Å². The van der Waals surface area contributed by atoms with E-state index >= 15 is 0 Å². The Balaban J connectivity index is 4.32. The summed E-state index contributed by atoms with van der Waals surface area (Å²) in [5.74, 6) is -0.897. The van der Waals surface area contributed by atoms with Crippen LogP contribution in [0.3, 0.4) is 0 Å². The van der Waals surface area contributed by atoms with Crippen LogP contribution >= 0.6 is 7.82 Å². The van der Waals surface area contributed by atoms with Crippen LogP contribution in [0.1, 0.15) is 110 Å². The monoisotopic (exact) mass is 603 g/mol. The number of ether oxygens (including phenoxy) is 2. The average molecular weight is 604 g/mol. The number of rotatable bonds is 27. The summed E-state index contributed by atoms with van der Waals surface area (Å²) in [6.07, 6.45) is 21.8. The van der Waals surface area contributed by atoms with Crippen molar-refractivity contribution in [1.82, 2.24) is 0 Å². The van der Waals surface area contributed by atoms with Crippen LogP contribution in [0, 0.1) is 0 Å². The van der Waals surface area contributed by atoms with E-state index in [4.69, 9.17) is 18.5 Å². The Kier molecular flexibility index (Phi) is 24.1. The summed E-state index contributed by atoms with van der Waals surface area (Å²) in [5, 5.41) is 0. The van der Waals surface area contributed by atoms with E-state index in [0.717, 1.165) is 44.9 Å². The molecular weight excluding hydrogens is 545 g/mol. The number of hydrogen-bond donors (Lipinski definition) is 0. The van der Waals surface area contributed by atoms with E-state index in [1.165, 1.54) is 25.7 Å². The van der Waals surface area contributed by atoms with Gasteiger partial charge in [-0.1, -0.05) is 76.7 Å². The van der Waals surface area contributed by atoms with Crippen molar-refractivity contribution < 1.29 is 42.1 Å². The number of esters is 2. The zero-order valence-corrected chi connectivity index (χ0v) is 27.4. The summed E-state index contributed by atoms with van der Waals surface area (Å²) in [4.78, 5) is 36.4. The molecule has 240 valence electrons. The summed E-state index contributed by atoms with van der Waals surface area (Å²) in [7, 11) is 1.14. The number of phosphoric acid groups is 1. The summed E-state index contributed by atoms with van der Waals surface area (Å²) >= 11 is 0. The molecule has 0 heterocycles. The molecule has 0 rings (SSSR count). The lowest BCUT2D eigenvalue weighted by molar-refractivity contribution is -0.870. The fourth-order valence-corrected chi connectivity index (χ4v) is 4.39. The van der Waals surface area contributed by atoms with Crippen LogP contribution in [0.15, 0.2) is 24.3 Å². The normalized spacial score (nSPS) is 14.4. The summed E-state index contributed by atoms with van der Waals surface area (Å²) in [6.45, 7) is 3.87. The molecule has 0 spiro atoms. The predicted octanol–water partition coefficient (Wildman–Crippen LogP) is 6.65. The summed E-state index contributed by atoms with van der Waals surface area (Å²) in [5.41, 5.74) is 0. The van der Waals surface area contributed by atoms with Crippen LogP contribution < -0.4 is 4.89 Å². The molecule has 0 aliphatic rings. The van der Waals surface area contributed by atoms with Gasteiger partial charge in [-0.25, -0.2) is 0 Å². The minimum absolute atomic E-state index is 0.0342. The number of unbranched alkanes of at least 4 members (excludes halogenated alkanes) is 9. The first-order valence-electron chi connectivity index (χ1n) is 15.5. The van der Waals surface area contributed by atoms with Crippen molar-refractivity contribution >= 4 is 19.8 Å². The number of likely N-dealkylation sites (N-methyl/N-ethyl adjacent to an activating group) is 1. The van der Waals surface area contributed by atoms with Gasteiger partial charge in [-0.2, -0.15) is 0 Å². The van der Waals surface area contributed by atoms with Crippen LogP contribution in [0.2, 0.25) is 0 Å². The fraction of sp³-hybridized carbons (Fsp3) is 0.806. The zero-order valence-electron chi connectivity index (χ0n) is 26.5. The van der Waals surface area contributed by atoms with Crippen molar-refractivity contribution in [2.75, 3.05) is 47.5 Å². The van der Waals surface area contributed by atoms with Gasteiger partial charge in [-0.3, -0.25) is 14.2 Å². The molecule has 2 atom stereocenters. The standard InChI is InChI=1S/C31H58NO8P/c1-6-8-10-11-12-13-14-15-16-17-18-19-20-21-22-24-31(34)40-29(27-37-30(33)23-9-7-2)28-39-41(35,36)38-26-25-32(3,4)5/h12-13,15-16,29H,6-11,14,17-28H2,1-5H3/b13-12-,16-15-.